The number of hydrogen-bond acceptors (Lipinski definition) is 2. The zero-order chi connectivity index (χ0) is 12.7. The van der Waals surface area contributed by atoms with Gasteiger partial charge in [-0.25, -0.2) is 4.79 Å². The van der Waals surface area contributed by atoms with Gasteiger partial charge < -0.3 is 5.11 Å². The van der Waals surface area contributed by atoms with Crippen molar-refractivity contribution in [3.63, 3.8) is 0 Å². The van der Waals surface area contributed by atoms with Crippen LogP contribution in [0.3, 0.4) is 0 Å². The Morgan fingerprint density at radius 3 is 2.72 bits per heavy atom. The van der Waals surface area contributed by atoms with Crippen molar-refractivity contribution in [1.29, 1.82) is 0 Å². The predicted molar refractivity (Wildman–Crippen MR) is 71.8 cm³/mol. The average molecular weight is 277 g/mol. The lowest BCUT2D eigenvalue weighted by atomic mass is 10.0. The molecule has 2 aromatic carbocycles. The molecule has 1 aliphatic rings. The molecule has 4 heteroatoms. The van der Waals surface area contributed by atoms with Gasteiger partial charge in [-0.2, -0.15) is 0 Å². The van der Waals surface area contributed by atoms with E-state index < -0.39 is 5.97 Å². The number of hydrogen-bond donors (Lipinski definition) is 1. The molecule has 0 radical (unpaired) electrons. The van der Waals surface area contributed by atoms with E-state index in [1.54, 1.807) is 23.9 Å². The van der Waals surface area contributed by atoms with Crippen LogP contribution in [0.4, 0.5) is 0 Å². The van der Waals surface area contributed by atoms with E-state index in [1.165, 1.54) is 5.56 Å². The zero-order valence-corrected chi connectivity index (χ0v) is 10.9. The first kappa shape index (κ1) is 11.6. The highest BCUT2D eigenvalue weighted by atomic mass is 35.5. The summed E-state index contributed by atoms with van der Waals surface area (Å²) in [5.41, 5.74) is 2.68. The van der Waals surface area contributed by atoms with Crippen LogP contribution in [0, 0.1) is 0 Å². The lowest BCUT2D eigenvalue weighted by molar-refractivity contribution is 0.0696. The Kier molecular flexibility index (Phi) is 2.80. The SMILES string of the molecule is O=C(O)c1ccc2c(c1)Sc1ccc(Cl)cc1C2. The molecule has 3 rings (SSSR count). The number of carboxylic acid groups (broad SMARTS) is 1. The van der Waals surface area contributed by atoms with Crippen LogP contribution < -0.4 is 0 Å². The van der Waals surface area contributed by atoms with Gasteiger partial charge in [-0.05, 0) is 47.9 Å². The van der Waals surface area contributed by atoms with Crippen LogP contribution in [0.25, 0.3) is 0 Å². The summed E-state index contributed by atoms with van der Waals surface area (Å²) < 4.78 is 0. The molecule has 0 unspecified atom stereocenters. The van der Waals surface area contributed by atoms with Crippen LogP contribution in [0.2, 0.25) is 5.02 Å². The Bertz CT molecular complexity index is 652. The van der Waals surface area contributed by atoms with E-state index in [-0.39, 0.29) is 0 Å². The maximum atomic E-state index is 11.0. The van der Waals surface area contributed by atoms with E-state index in [4.69, 9.17) is 16.7 Å². The van der Waals surface area contributed by atoms with Gasteiger partial charge in [-0.3, -0.25) is 0 Å². The second kappa shape index (κ2) is 4.34. The van der Waals surface area contributed by atoms with Crippen molar-refractivity contribution in [2.75, 3.05) is 0 Å². The van der Waals surface area contributed by atoms with Gasteiger partial charge in [0.05, 0.1) is 5.56 Å². The molecular weight excluding hydrogens is 268 g/mol. The standard InChI is InChI=1S/C14H9ClO2S/c15-11-3-4-12-10(6-11)5-8-1-2-9(14(16)17)7-13(8)18-12/h1-4,6-7H,5H2,(H,16,17). The molecule has 1 heterocycles. The topological polar surface area (TPSA) is 37.3 Å². The third kappa shape index (κ3) is 2.00. The Hall–Kier alpha value is -1.45. The van der Waals surface area contributed by atoms with Gasteiger partial charge in [0.1, 0.15) is 0 Å². The van der Waals surface area contributed by atoms with Gasteiger partial charge in [-0.15, -0.1) is 0 Å². The number of halogens is 1. The summed E-state index contributed by atoms with van der Waals surface area (Å²) in [5, 5.41) is 9.73. The van der Waals surface area contributed by atoms with Crippen LogP contribution in [0.15, 0.2) is 46.2 Å². The van der Waals surface area contributed by atoms with Crippen LogP contribution >= 0.6 is 23.4 Å². The Morgan fingerprint density at radius 1 is 1.11 bits per heavy atom. The largest absolute Gasteiger partial charge is 0.478 e. The van der Waals surface area contributed by atoms with Crippen molar-refractivity contribution in [2.45, 2.75) is 16.2 Å². The molecular formula is C14H9ClO2S. The quantitative estimate of drug-likeness (QED) is 0.727. The smallest absolute Gasteiger partial charge is 0.335 e. The van der Waals surface area contributed by atoms with Gasteiger partial charge in [0, 0.05) is 14.8 Å². The lowest BCUT2D eigenvalue weighted by Crippen LogP contribution is -2.03. The summed E-state index contributed by atoms with van der Waals surface area (Å²) in [4.78, 5) is 13.1. The molecule has 0 fully saturated rings. The van der Waals surface area contributed by atoms with Crippen molar-refractivity contribution in [1.82, 2.24) is 0 Å². The fourth-order valence-electron chi connectivity index (χ4n) is 2.04. The highest BCUT2D eigenvalue weighted by molar-refractivity contribution is 7.99. The van der Waals surface area contributed by atoms with Gasteiger partial charge in [-0.1, -0.05) is 29.4 Å². The maximum absolute atomic E-state index is 11.0. The normalized spacial score (nSPS) is 12.7. The van der Waals surface area contributed by atoms with Gasteiger partial charge in [0.15, 0.2) is 0 Å². The number of rotatable bonds is 1. The molecule has 0 aromatic heterocycles. The number of carbonyl (C=O) groups is 1. The van der Waals surface area contributed by atoms with Crippen LogP contribution in [0.5, 0.6) is 0 Å². The zero-order valence-electron chi connectivity index (χ0n) is 9.31. The van der Waals surface area contributed by atoms with Crippen molar-refractivity contribution in [2.24, 2.45) is 0 Å². The van der Waals surface area contributed by atoms with Crippen molar-refractivity contribution >= 4 is 29.3 Å². The van der Waals surface area contributed by atoms with E-state index in [0.29, 0.717) is 5.56 Å². The van der Waals surface area contributed by atoms with Crippen molar-refractivity contribution in [3.05, 3.63) is 58.1 Å². The highest BCUT2D eigenvalue weighted by Crippen LogP contribution is 2.40. The van der Waals surface area contributed by atoms with Crippen molar-refractivity contribution < 1.29 is 9.90 Å². The molecule has 90 valence electrons. The summed E-state index contributed by atoms with van der Waals surface area (Å²) in [5.74, 6) is -0.889. The van der Waals surface area contributed by atoms with Crippen LogP contribution in [-0.4, -0.2) is 11.1 Å². The number of benzene rings is 2. The minimum absolute atomic E-state index is 0.332. The molecule has 0 saturated heterocycles. The molecule has 18 heavy (non-hydrogen) atoms. The van der Waals surface area contributed by atoms with Crippen LogP contribution in [0.1, 0.15) is 21.5 Å². The van der Waals surface area contributed by atoms with E-state index in [1.807, 2.05) is 24.3 Å². The first-order valence-corrected chi connectivity index (χ1v) is 6.65. The molecule has 2 nitrogen and oxygen atoms in total. The first-order chi connectivity index (χ1) is 8.63. The molecule has 0 spiro atoms. The fraction of sp³-hybridized carbons (Fsp3) is 0.0714. The fourth-order valence-corrected chi connectivity index (χ4v) is 3.33. The van der Waals surface area contributed by atoms with E-state index in [2.05, 4.69) is 0 Å². The molecule has 0 saturated carbocycles. The molecule has 0 bridgehead atoms. The number of fused-ring (bicyclic) bond motifs is 2. The van der Waals surface area contributed by atoms with E-state index in [9.17, 15) is 4.79 Å². The van der Waals surface area contributed by atoms with Crippen LogP contribution in [-0.2, 0) is 6.42 Å². The summed E-state index contributed by atoms with van der Waals surface area (Å²) in [6.07, 6.45) is 0.804. The molecule has 0 atom stereocenters. The maximum Gasteiger partial charge on any atom is 0.335 e. The van der Waals surface area contributed by atoms with E-state index in [0.717, 1.165) is 26.8 Å². The van der Waals surface area contributed by atoms with Gasteiger partial charge >= 0.3 is 5.97 Å². The summed E-state index contributed by atoms with van der Waals surface area (Å²) in [7, 11) is 0. The van der Waals surface area contributed by atoms with E-state index >= 15 is 0 Å². The molecule has 2 aromatic rings. The van der Waals surface area contributed by atoms with Crippen molar-refractivity contribution in [3.8, 4) is 0 Å². The third-order valence-corrected chi connectivity index (χ3v) is 4.39. The van der Waals surface area contributed by atoms with Gasteiger partial charge in [0.25, 0.3) is 0 Å². The number of aromatic carboxylic acids is 1. The summed E-state index contributed by atoms with van der Waals surface area (Å²) in [6, 6.07) is 11.1. The second-order valence-electron chi connectivity index (χ2n) is 4.16. The Labute approximate surface area is 114 Å². The minimum Gasteiger partial charge on any atom is -0.478 e. The highest BCUT2D eigenvalue weighted by Gasteiger charge is 2.17. The number of carboxylic acids is 1. The Balaban J connectivity index is 2.05. The lowest BCUT2D eigenvalue weighted by Gasteiger charge is -2.19. The Morgan fingerprint density at radius 2 is 1.94 bits per heavy atom. The average Bonchev–Trinajstić information content (AvgIpc) is 2.35. The molecule has 1 aliphatic heterocycles. The monoisotopic (exact) mass is 276 g/mol. The summed E-state index contributed by atoms with van der Waals surface area (Å²) >= 11 is 7.58. The van der Waals surface area contributed by atoms with Gasteiger partial charge in [0.2, 0.25) is 0 Å². The predicted octanol–water partition coefficient (Wildman–Crippen LogP) is 4.09. The third-order valence-electron chi connectivity index (χ3n) is 2.94. The molecule has 0 amide bonds. The summed E-state index contributed by atoms with van der Waals surface area (Å²) in [6.45, 7) is 0. The molecule has 1 N–H and O–H groups in total. The second-order valence-corrected chi connectivity index (χ2v) is 5.68. The molecule has 0 aliphatic carbocycles. The minimum atomic E-state index is -0.889. The first-order valence-electron chi connectivity index (χ1n) is 5.46.